The van der Waals surface area contributed by atoms with Gasteiger partial charge in [-0.05, 0) is 57.4 Å². The molecule has 1 aromatic heterocycles. The van der Waals surface area contributed by atoms with E-state index in [4.69, 9.17) is 15.3 Å². The Balaban J connectivity index is 1.95. The highest BCUT2D eigenvalue weighted by Crippen LogP contribution is 2.18. The average Bonchev–Trinajstić information content (AvgIpc) is 2.71. The zero-order valence-corrected chi connectivity index (χ0v) is 19.7. The summed E-state index contributed by atoms with van der Waals surface area (Å²) in [6, 6.07) is 11.2. The minimum atomic E-state index is -0.613. The number of hydrogen-bond acceptors (Lipinski definition) is 7. The SMILES string of the molecule is C=C(O/C(Cc1ccccc1)=N\N)C(=O)NCc1c(C)cc(NC(=O)OC(C)(C)C)nc1C. The minimum Gasteiger partial charge on any atom is -0.444 e. The molecule has 2 rings (SSSR count). The number of nitrogens with one attached hydrogen (secondary N) is 2. The summed E-state index contributed by atoms with van der Waals surface area (Å²) in [6.07, 6.45) is -0.256. The molecule has 0 atom stereocenters. The molecule has 0 saturated carbocycles. The zero-order chi connectivity index (χ0) is 24.6. The summed E-state index contributed by atoms with van der Waals surface area (Å²) in [7, 11) is 0. The van der Waals surface area contributed by atoms with Crippen LogP contribution in [0.4, 0.5) is 10.6 Å². The fraction of sp³-hybridized carbons (Fsp3) is 0.333. The molecule has 0 spiro atoms. The van der Waals surface area contributed by atoms with Gasteiger partial charge < -0.3 is 20.6 Å². The molecule has 0 saturated heterocycles. The van der Waals surface area contributed by atoms with E-state index in [1.54, 1.807) is 33.8 Å². The summed E-state index contributed by atoms with van der Waals surface area (Å²) in [5.74, 6) is 5.32. The highest BCUT2D eigenvalue weighted by atomic mass is 16.6. The van der Waals surface area contributed by atoms with E-state index in [0.717, 1.165) is 16.7 Å². The van der Waals surface area contributed by atoms with E-state index in [-0.39, 0.29) is 18.2 Å². The number of nitrogens with zero attached hydrogens (tertiary/aromatic N) is 2. The van der Waals surface area contributed by atoms with Gasteiger partial charge >= 0.3 is 6.09 Å². The highest BCUT2D eigenvalue weighted by molar-refractivity contribution is 5.94. The average molecular weight is 454 g/mol. The first-order valence-corrected chi connectivity index (χ1v) is 10.4. The predicted octanol–water partition coefficient (Wildman–Crippen LogP) is 3.71. The summed E-state index contributed by atoms with van der Waals surface area (Å²) >= 11 is 0. The minimum absolute atomic E-state index is 0.124. The molecule has 9 heteroatoms. The standard InChI is InChI=1S/C24H31N5O4/c1-15-12-20(28-23(31)33-24(4,5)6)27-16(2)19(15)14-26-22(30)17(3)32-21(29-25)13-18-10-8-7-9-11-18/h7-12H,3,13-14,25H2,1-2,4-6H3,(H,26,30)(H,27,28,31)/b29-21-. The first kappa shape index (κ1) is 25.4. The van der Waals surface area contributed by atoms with Crippen LogP contribution < -0.4 is 16.5 Å². The van der Waals surface area contributed by atoms with E-state index >= 15 is 0 Å². The second-order valence-electron chi connectivity index (χ2n) is 8.41. The Morgan fingerprint density at radius 1 is 1.18 bits per heavy atom. The third-order valence-corrected chi connectivity index (χ3v) is 4.45. The molecule has 0 fully saturated rings. The third-order valence-electron chi connectivity index (χ3n) is 4.45. The van der Waals surface area contributed by atoms with Crippen molar-refractivity contribution in [2.75, 3.05) is 5.32 Å². The maximum absolute atomic E-state index is 12.5. The Labute approximate surface area is 194 Å². The van der Waals surface area contributed by atoms with Crippen molar-refractivity contribution >= 4 is 23.7 Å². The van der Waals surface area contributed by atoms with Crippen LogP contribution in [0.2, 0.25) is 0 Å². The van der Waals surface area contributed by atoms with Crippen molar-refractivity contribution in [3.8, 4) is 0 Å². The number of nitrogens with two attached hydrogens (primary N) is 1. The van der Waals surface area contributed by atoms with Gasteiger partial charge in [0.05, 0.1) is 6.42 Å². The predicted molar refractivity (Wildman–Crippen MR) is 127 cm³/mol. The Morgan fingerprint density at radius 2 is 1.85 bits per heavy atom. The van der Waals surface area contributed by atoms with Crippen molar-refractivity contribution in [1.29, 1.82) is 0 Å². The van der Waals surface area contributed by atoms with Gasteiger partial charge in [-0.15, -0.1) is 5.10 Å². The second-order valence-corrected chi connectivity index (χ2v) is 8.41. The molecule has 1 aromatic carbocycles. The lowest BCUT2D eigenvalue weighted by Gasteiger charge is -2.20. The maximum atomic E-state index is 12.5. The molecule has 176 valence electrons. The number of carbonyl (C=O) groups excluding carboxylic acids is 2. The topological polar surface area (TPSA) is 128 Å². The van der Waals surface area contributed by atoms with Gasteiger partial charge in [-0.25, -0.2) is 9.78 Å². The Morgan fingerprint density at radius 3 is 2.42 bits per heavy atom. The van der Waals surface area contributed by atoms with Crippen LogP contribution in [0.3, 0.4) is 0 Å². The first-order chi connectivity index (χ1) is 15.5. The van der Waals surface area contributed by atoms with Crippen LogP contribution in [0.15, 0.2) is 53.8 Å². The quantitative estimate of drug-likeness (QED) is 0.146. The number of amides is 2. The first-order valence-electron chi connectivity index (χ1n) is 10.4. The molecule has 33 heavy (non-hydrogen) atoms. The smallest absolute Gasteiger partial charge is 0.413 e. The molecule has 0 unspecified atom stereocenters. The number of aryl methyl sites for hydroxylation is 2. The number of benzene rings is 1. The molecule has 2 aromatic rings. The summed E-state index contributed by atoms with van der Waals surface area (Å²) in [5.41, 5.74) is 2.63. The summed E-state index contributed by atoms with van der Waals surface area (Å²) in [6.45, 7) is 12.9. The van der Waals surface area contributed by atoms with Gasteiger partial charge in [0.25, 0.3) is 5.91 Å². The lowest BCUT2D eigenvalue weighted by molar-refractivity contribution is -0.119. The van der Waals surface area contributed by atoms with Crippen molar-refractivity contribution in [3.05, 3.63) is 71.1 Å². The fourth-order valence-electron chi connectivity index (χ4n) is 2.93. The number of anilines is 1. The molecule has 0 aliphatic rings. The lowest BCUT2D eigenvalue weighted by atomic mass is 10.1. The molecule has 9 nitrogen and oxygen atoms in total. The number of ether oxygens (including phenoxy) is 2. The molecule has 0 aliphatic carbocycles. The molecular weight excluding hydrogens is 422 g/mol. The van der Waals surface area contributed by atoms with Gasteiger partial charge in [0.15, 0.2) is 5.76 Å². The van der Waals surface area contributed by atoms with Crippen molar-refractivity contribution in [3.63, 3.8) is 0 Å². The Hall–Kier alpha value is -3.88. The van der Waals surface area contributed by atoms with Crippen LogP contribution >= 0.6 is 0 Å². The van der Waals surface area contributed by atoms with Crippen LogP contribution in [0.1, 0.15) is 43.2 Å². The molecule has 1 heterocycles. The van der Waals surface area contributed by atoms with E-state index in [1.807, 2.05) is 37.3 Å². The molecule has 2 amide bonds. The van der Waals surface area contributed by atoms with Crippen molar-refractivity contribution in [2.24, 2.45) is 10.9 Å². The van der Waals surface area contributed by atoms with Crippen molar-refractivity contribution < 1.29 is 19.1 Å². The largest absolute Gasteiger partial charge is 0.444 e. The van der Waals surface area contributed by atoms with Crippen LogP contribution in [-0.4, -0.2) is 28.5 Å². The van der Waals surface area contributed by atoms with E-state index in [0.29, 0.717) is 17.9 Å². The van der Waals surface area contributed by atoms with Crippen LogP contribution in [0.25, 0.3) is 0 Å². The van der Waals surface area contributed by atoms with Gasteiger partial charge in [0.2, 0.25) is 5.90 Å². The van der Waals surface area contributed by atoms with Crippen LogP contribution in [0, 0.1) is 13.8 Å². The lowest BCUT2D eigenvalue weighted by Crippen LogP contribution is -2.28. The van der Waals surface area contributed by atoms with E-state index in [9.17, 15) is 9.59 Å². The summed E-state index contributed by atoms with van der Waals surface area (Å²) in [4.78, 5) is 28.8. The number of pyridine rings is 1. The van der Waals surface area contributed by atoms with Crippen LogP contribution in [0.5, 0.6) is 0 Å². The molecule has 0 bridgehead atoms. The van der Waals surface area contributed by atoms with Gasteiger partial charge in [0.1, 0.15) is 11.4 Å². The molecule has 0 aliphatic heterocycles. The third kappa shape index (κ3) is 8.29. The summed E-state index contributed by atoms with van der Waals surface area (Å²) < 4.78 is 10.7. The number of carbonyl (C=O) groups is 2. The van der Waals surface area contributed by atoms with E-state index < -0.39 is 17.6 Å². The summed E-state index contributed by atoms with van der Waals surface area (Å²) in [5, 5.41) is 8.98. The zero-order valence-electron chi connectivity index (χ0n) is 19.7. The molecule has 0 radical (unpaired) electrons. The fourth-order valence-corrected chi connectivity index (χ4v) is 2.93. The van der Waals surface area contributed by atoms with Crippen molar-refractivity contribution in [1.82, 2.24) is 10.3 Å². The molecular formula is C24H31N5O4. The maximum Gasteiger partial charge on any atom is 0.413 e. The van der Waals surface area contributed by atoms with Gasteiger partial charge in [-0.2, -0.15) is 0 Å². The van der Waals surface area contributed by atoms with E-state index in [1.165, 1.54) is 0 Å². The number of hydrogen-bond donors (Lipinski definition) is 3. The Bertz CT molecular complexity index is 1020. The number of aromatic nitrogens is 1. The van der Waals surface area contributed by atoms with E-state index in [2.05, 4.69) is 27.3 Å². The van der Waals surface area contributed by atoms with Crippen LogP contribution in [-0.2, 0) is 27.2 Å². The highest BCUT2D eigenvalue weighted by Gasteiger charge is 2.18. The second kappa shape index (κ2) is 11.1. The monoisotopic (exact) mass is 453 g/mol. The number of hydrazone groups is 1. The Kier molecular flexibility index (Phi) is 8.56. The van der Waals surface area contributed by atoms with Gasteiger partial charge in [-0.1, -0.05) is 36.9 Å². The normalized spacial score (nSPS) is 11.5. The van der Waals surface area contributed by atoms with Gasteiger partial charge in [-0.3, -0.25) is 10.1 Å². The molecule has 4 N–H and O–H groups in total. The number of rotatable bonds is 7. The van der Waals surface area contributed by atoms with Gasteiger partial charge in [0, 0.05) is 12.2 Å². The van der Waals surface area contributed by atoms with Crippen molar-refractivity contribution in [2.45, 2.75) is 53.2 Å².